The highest BCUT2D eigenvalue weighted by Crippen LogP contribution is 2.07. The number of carbonyl (C=O) groups excluding carboxylic acids is 6. The largest absolute Gasteiger partial charge is 0.370 e. The number of aromatic nitrogens is 6. The number of nitrogens with two attached hydrogens (primary N) is 2. The number of rotatable bonds is 10. The van der Waals surface area contributed by atoms with E-state index in [-0.39, 0.29) is 44.6 Å². The van der Waals surface area contributed by atoms with Gasteiger partial charge in [-0.1, -0.05) is 0 Å². The lowest BCUT2D eigenvalue weighted by Crippen LogP contribution is -2.60. The van der Waals surface area contributed by atoms with E-state index in [1.807, 2.05) is 0 Å². The average Bonchev–Trinajstić information content (AvgIpc) is 3.88. The Hall–Kier alpha value is -6.28. The maximum absolute atomic E-state index is 13.8. The number of carbonyl (C=O) groups is 6. The van der Waals surface area contributed by atoms with Gasteiger partial charge in [0.2, 0.25) is 35.4 Å². The van der Waals surface area contributed by atoms with Crippen LogP contribution in [0.4, 0.5) is 0 Å². The van der Waals surface area contributed by atoms with E-state index in [1.165, 1.54) is 37.6 Å². The summed E-state index contributed by atoms with van der Waals surface area (Å²) in [5.41, 5.74) is 12.4. The highest BCUT2D eigenvalue weighted by molar-refractivity contribution is 5.97. The predicted molar refractivity (Wildman–Crippen MR) is 171 cm³/mol. The van der Waals surface area contributed by atoms with Gasteiger partial charge in [0.15, 0.2) is 5.96 Å². The smallest absolute Gasteiger partial charge is 0.243 e. The van der Waals surface area contributed by atoms with Gasteiger partial charge in [0.1, 0.15) is 24.2 Å². The summed E-state index contributed by atoms with van der Waals surface area (Å²) in [7, 11) is 0. The first kappa shape index (κ1) is 35.6. The molecule has 0 unspecified atom stereocenters. The van der Waals surface area contributed by atoms with Crippen LogP contribution in [0.1, 0.15) is 29.9 Å². The van der Waals surface area contributed by atoms with Crippen LogP contribution in [0.2, 0.25) is 0 Å². The predicted octanol–water partition coefficient (Wildman–Crippen LogP) is -4.88. The summed E-state index contributed by atoms with van der Waals surface area (Å²) in [5, 5.41) is 15.4. The van der Waals surface area contributed by atoms with Crippen molar-refractivity contribution >= 4 is 41.4 Å². The van der Waals surface area contributed by atoms with Crippen molar-refractivity contribution in [3.8, 4) is 0 Å². The Kier molecular flexibility index (Phi) is 12.8. The van der Waals surface area contributed by atoms with Gasteiger partial charge in [0.25, 0.3) is 0 Å². The van der Waals surface area contributed by atoms with Gasteiger partial charge >= 0.3 is 0 Å². The third-order valence-electron chi connectivity index (χ3n) is 7.30. The normalized spacial score (nSPS) is 21.6. The van der Waals surface area contributed by atoms with Crippen LogP contribution >= 0.6 is 0 Å². The molecule has 4 heterocycles. The van der Waals surface area contributed by atoms with Gasteiger partial charge in [-0.3, -0.25) is 33.8 Å². The van der Waals surface area contributed by atoms with Crippen molar-refractivity contribution in [2.45, 2.75) is 56.3 Å². The zero-order valence-corrected chi connectivity index (χ0v) is 26.3. The van der Waals surface area contributed by atoms with E-state index in [4.69, 9.17) is 11.5 Å². The number of aromatic amines is 3. The average molecular weight is 682 g/mol. The minimum atomic E-state index is -1.26. The molecule has 0 radical (unpaired) electrons. The molecule has 4 atom stereocenters. The molecule has 0 aromatic carbocycles. The lowest BCUT2D eigenvalue weighted by Gasteiger charge is -2.26. The fourth-order valence-electron chi connectivity index (χ4n) is 4.84. The maximum Gasteiger partial charge on any atom is 0.243 e. The molecule has 4 rings (SSSR count). The van der Waals surface area contributed by atoms with E-state index < -0.39 is 72.7 Å². The molecule has 1 aliphatic rings. The number of hydrogen-bond acceptors (Lipinski definition) is 10. The molecule has 21 heteroatoms. The number of aliphatic imine (C=N–C) groups is 1. The molecule has 0 bridgehead atoms. The van der Waals surface area contributed by atoms with E-state index in [1.54, 1.807) is 0 Å². The van der Waals surface area contributed by atoms with Crippen molar-refractivity contribution in [2.24, 2.45) is 16.5 Å². The third kappa shape index (κ3) is 11.5. The van der Waals surface area contributed by atoms with Gasteiger partial charge in [-0.2, -0.15) is 0 Å². The van der Waals surface area contributed by atoms with Crippen molar-refractivity contribution in [1.29, 1.82) is 0 Å². The minimum Gasteiger partial charge on any atom is -0.370 e. The summed E-state index contributed by atoms with van der Waals surface area (Å²) in [6, 6.07) is -4.89. The highest BCUT2D eigenvalue weighted by Gasteiger charge is 2.32. The third-order valence-corrected chi connectivity index (χ3v) is 7.30. The van der Waals surface area contributed by atoms with Gasteiger partial charge in [-0.15, -0.1) is 0 Å². The second-order valence-electron chi connectivity index (χ2n) is 11.1. The van der Waals surface area contributed by atoms with Gasteiger partial charge in [0, 0.05) is 61.5 Å². The molecule has 0 spiro atoms. The first-order valence-corrected chi connectivity index (χ1v) is 15.3. The maximum atomic E-state index is 13.8. The number of H-pyrrole nitrogens is 3. The van der Waals surface area contributed by atoms with Crippen molar-refractivity contribution in [2.75, 3.05) is 19.6 Å². The Balaban J connectivity index is 1.65. The Morgan fingerprint density at radius 1 is 0.612 bits per heavy atom. The number of nitrogens with one attached hydrogen (secondary N) is 9. The standard InChI is InChI=1S/C28H39N15O6/c29-28(30)34-3-1-2-18-25(47)43-21(6-17-9-33-14-39-17)27(49)42-19(4-15-7-31-12-37-15)24(46)36-10-22(44)35-11-23(45)40-20(26(48)41-18)5-16-8-32-13-38-16/h7-9,12-14,18-21H,1-6,10-11H2,(H,31,37)(H,32,38)(H,33,39)(H,35,44)(H,36,46)(H,40,45)(H,41,48)(H,42,49)(H,43,47)(H4,29,30,34)/t18-,19-,20-,21-/m0/s1. The van der Waals surface area contributed by atoms with Crippen LogP contribution in [0.25, 0.3) is 0 Å². The summed E-state index contributed by atoms with van der Waals surface area (Å²) in [6.07, 6.45) is 8.76. The number of nitrogens with zero attached hydrogens (tertiary/aromatic N) is 4. The summed E-state index contributed by atoms with van der Waals surface area (Å²) in [6.45, 7) is -0.902. The molecule has 1 aliphatic heterocycles. The first-order chi connectivity index (χ1) is 23.6. The molecule has 21 nitrogen and oxygen atoms in total. The zero-order chi connectivity index (χ0) is 35.2. The van der Waals surface area contributed by atoms with Crippen LogP contribution in [0.3, 0.4) is 0 Å². The molecule has 0 saturated carbocycles. The fourth-order valence-corrected chi connectivity index (χ4v) is 4.84. The SMILES string of the molecule is NC(N)=NCCC[C@@H]1NC(=O)[C@H](Cc2cnc[nH]2)NC(=O)CNC(=O)CNC(=O)[C@H](Cc2cnc[nH]2)NC(=O)[C@H](Cc2cnc[nH]2)NC1=O. The van der Waals surface area contributed by atoms with Gasteiger partial charge in [0.05, 0.1) is 32.1 Å². The van der Waals surface area contributed by atoms with Gasteiger partial charge < -0.3 is 58.3 Å². The van der Waals surface area contributed by atoms with Crippen molar-refractivity contribution < 1.29 is 28.8 Å². The highest BCUT2D eigenvalue weighted by atomic mass is 16.2. The molecular weight excluding hydrogens is 642 g/mol. The van der Waals surface area contributed by atoms with E-state index in [2.05, 4.69) is 66.8 Å². The Morgan fingerprint density at radius 3 is 1.55 bits per heavy atom. The minimum absolute atomic E-state index is 0.0342. The monoisotopic (exact) mass is 681 g/mol. The molecule has 0 aliphatic carbocycles. The number of imidazole rings is 3. The Labute approximate surface area is 279 Å². The summed E-state index contributed by atoms with van der Waals surface area (Å²) in [5.74, 6) is -4.46. The van der Waals surface area contributed by atoms with Crippen LogP contribution < -0.4 is 43.4 Å². The van der Waals surface area contributed by atoms with Crippen LogP contribution in [-0.2, 0) is 48.0 Å². The van der Waals surface area contributed by atoms with E-state index in [0.29, 0.717) is 17.1 Å². The topological polar surface area (TPSA) is 325 Å². The quantitative estimate of drug-likeness (QED) is 0.0547. The number of amides is 6. The molecule has 49 heavy (non-hydrogen) atoms. The van der Waals surface area contributed by atoms with Crippen molar-refractivity contribution in [3.63, 3.8) is 0 Å². The van der Waals surface area contributed by atoms with E-state index in [9.17, 15) is 28.8 Å². The van der Waals surface area contributed by atoms with Crippen LogP contribution in [-0.4, -0.2) is 115 Å². The molecule has 1 saturated heterocycles. The first-order valence-electron chi connectivity index (χ1n) is 15.3. The lowest BCUT2D eigenvalue weighted by molar-refractivity contribution is -0.135. The fraction of sp³-hybridized carbons (Fsp3) is 0.429. The summed E-state index contributed by atoms with van der Waals surface area (Å²) < 4.78 is 0. The molecule has 262 valence electrons. The molecular formula is C28H39N15O6. The summed E-state index contributed by atoms with van der Waals surface area (Å²) in [4.78, 5) is 104. The molecule has 6 amide bonds. The zero-order valence-electron chi connectivity index (χ0n) is 26.3. The number of guanidine groups is 1. The van der Waals surface area contributed by atoms with E-state index >= 15 is 0 Å². The van der Waals surface area contributed by atoms with Crippen LogP contribution in [0.5, 0.6) is 0 Å². The van der Waals surface area contributed by atoms with E-state index in [0.717, 1.165) is 0 Å². The molecule has 1 fully saturated rings. The molecule has 3 aromatic heterocycles. The molecule has 3 aromatic rings. The van der Waals surface area contributed by atoms with Crippen LogP contribution in [0.15, 0.2) is 42.6 Å². The Morgan fingerprint density at radius 2 is 1.06 bits per heavy atom. The Bertz CT molecular complexity index is 1590. The second kappa shape index (κ2) is 17.6. The van der Waals surface area contributed by atoms with Gasteiger partial charge in [-0.05, 0) is 12.8 Å². The lowest BCUT2D eigenvalue weighted by atomic mass is 10.0. The number of hydrogen-bond donors (Lipinski definition) is 11. The van der Waals surface area contributed by atoms with Crippen molar-refractivity contribution in [3.05, 3.63) is 54.7 Å². The van der Waals surface area contributed by atoms with Gasteiger partial charge in [-0.25, -0.2) is 15.0 Å². The van der Waals surface area contributed by atoms with Crippen LogP contribution in [0, 0.1) is 0 Å². The van der Waals surface area contributed by atoms with Crippen molar-refractivity contribution in [1.82, 2.24) is 61.8 Å². The summed E-state index contributed by atoms with van der Waals surface area (Å²) >= 11 is 0. The molecule has 13 N–H and O–H groups in total. The second-order valence-corrected chi connectivity index (χ2v) is 11.1.